The van der Waals surface area contributed by atoms with Crippen molar-refractivity contribution in [2.24, 2.45) is 5.92 Å². The first-order valence-electron chi connectivity index (χ1n) is 7.44. The van der Waals surface area contributed by atoms with Gasteiger partial charge in [0.05, 0.1) is 13.2 Å². The summed E-state index contributed by atoms with van der Waals surface area (Å²) in [5, 5.41) is 3.27. The highest BCUT2D eigenvalue weighted by molar-refractivity contribution is 5.84. The van der Waals surface area contributed by atoms with Crippen LogP contribution in [0.5, 0.6) is 5.75 Å². The third-order valence-corrected chi connectivity index (χ3v) is 4.55. The van der Waals surface area contributed by atoms with Gasteiger partial charge in [0.25, 0.3) is 0 Å². The minimum Gasteiger partial charge on any atom is -0.494 e. The maximum absolute atomic E-state index is 13.9. The smallest absolute Gasteiger partial charge is 0.241 e. The van der Waals surface area contributed by atoms with Crippen molar-refractivity contribution < 1.29 is 13.9 Å². The Bertz CT molecular complexity index is 559. The number of carbonyl (C=O) groups is 1. The lowest BCUT2D eigenvalue weighted by Crippen LogP contribution is -2.39. The van der Waals surface area contributed by atoms with Gasteiger partial charge < -0.3 is 9.64 Å². The molecule has 3 unspecified atom stereocenters. The van der Waals surface area contributed by atoms with E-state index in [0.29, 0.717) is 5.92 Å². The number of rotatable bonds is 4. The molecular formula is C16H21FN2O2. The van der Waals surface area contributed by atoms with Crippen molar-refractivity contribution in [2.45, 2.75) is 44.9 Å². The standard InChI is InChI=1S/C16H21FN2O2/c1-9-16(20)19(10(2)11-4-5-11)15(18-9)12-6-7-14(21-3)13(17)8-12/h6-11,15,18H,4-5H2,1-3H3. The zero-order valence-electron chi connectivity index (χ0n) is 12.6. The Morgan fingerprint density at radius 2 is 2.14 bits per heavy atom. The van der Waals surface area contributed by atoms with Gasteiger partial charge >= 0.3 is 0 Å². The summed E-state index contributed by atoms with van der Waals surface area (Å²) in [5.41, 5.74) is 0.763. The predicted molar refractivity (Wildman–Crippen MR) is 77.3 cm³/mol. The number of hydrogen-bond donors (Lipinski definition) is 1. The zero-order chi connectivity index (χ0) is 15.1. The second-order valence-electron chi connectivity index (χ2n) is 6.01. The van der Waals surface area contributed by atoms with Crippen LogP contribution in [0.3, 0.4) is 0 Å². The molecule has 1 heterocycles. The molecule has 2 fully saturated rings. The molecule has 3 rings (SSSR count). The second-order valence-corrected chi connectivity index (χ2v) is 6.01. The van der Waals surface area contributed by atoms with Crippen LogP contribution in [0.25, 0.3) is 0 Å². The molecule has 4 nitrogen and oxygen atoms in total. The summed E-state index contributed by atoms with van der Waals surface area (Å²) in [6, 6.07) is 4.83. The quantitative estimate of drug-likeness (QED) is 0.927. The van der Waals surface area contributed by atoms with E-state index in [1.807, 2.05) is 17.9 Å². The lowest BCUT2D eigenvalue weighted by atomic mass is 10.1. The van der Waals surface area contributed by atoms with Gasteiger partial charge in [-0.25, -0.2) is 4.39 Å². The molecule has 0 bridgehead atoms. The van der Waals surface area contributed by atoms with Crippen molar-refractivity contribution in [1.82, 2.24) is 10.2 Å². The lowest BCUT2D eigenvalue weighted by Gasteiger charge is -2.31. The van der Waals surface area contributed by atoms with Gasteiger partial charge in [0, 0.05) is 6.04 Å². The van der Waals surface area contributed by atoms with Crippen molar-refractivity contribution in [3.63, 3.8) is 0 Å². The normalized spacial score (nSPS) is 27.0. The molecule has 21 heavy (non-hydrogen) atoms. The average Bonchev–Trinajstić information content (AvgIpc) is 3.26. The van der Waals surface area contributed by atoms with Crippen LogP contribution >= 0.6 is 0 Å². The fourth-order valence-corrected chi connectivity index (χ4v) is 3.09. The number of benzene rings is 1. The van der Waals surface area contributed by atoms with E-state index in [0.717, 1.165) is 5.56 Å². The molecule has 0 radical (unpaired) electrons. The Labute approximate surface area is 124 Å². The predicted octanol–water partition coefficient (Wildman–Crippen LogP) is 2.45. The molecule has 3 atom stereocenters. The van der Waals surface area contributed by atoms with Crippen molar-refractivity contribution >= 4 is 5.91 Å². The van der Waals surface area contributed by atoms with Crippen LogP contribution in [0.2, 0.25) is 0 Å². The van der Waals surface area contributed by atoms with Crippen LogP contribution in [-0.4, -0.2) is 30.0 Å². The number of amides is 1. The molecule has 1 aromatic carbocycles. The second kappa shape index (κ2) is 5.30. The minimum atomic E-state index is -0.400. The fourth-order valence-electron chi connectivity index (χ4n) is 3.09. The van der Waals surface area contributed by atoms with Crippen LogP contribution in [0.4, 0.5) is 4.39 Å². The van der Waals surface area contributed by atoms with Crippen LogP contribution in [0, 0.1) is 11.7 Å². The molecule has 1 aliphatic heterocycles. The number of ether oxygens (including phenoxy) is 1. The van der Waals surface area contributed by atoms with Gasteiger partial charge in [0.1, 0.15) is 6.17 Å². The first kappa shape index (κ1) is 14.3. The maximum Gasteiger partial charge on any atom is 0.241 e. The molecule has 1 amide bonds. The fraction of sp³-hybridized carbons (Fsp3) is 0.562. The molecule has 2 aliphatic rings. The van der Waals surface area contributed by atoms with E-state index in [1.54, 1.807) is 6.07 Å². The molecule has 1 saturated carbocycles. The number of halogens is 1. The molecular weight excluding hydrogens is 271 g/mol. The molecule has 0 spiro atoms. The summed E-state index contributed by atoms with van der Waals surface area (Å²) in [4.78, 5) is 14.3. The molecule has 0 aromatic heterocycles. The SMILES string of the molecule is COc1ccc(C2NC(C)C(=O)N2C(C)C2CC2)cc1F. The summed E-state index contributed by atoms with van der Waals surface area (Å²) in [6.07, 6.45) is 2.08. The number of methoxy groups -OCH3 is 1. The van der Waals surface area contributed by atoms with Gasteiger partial charge in [-0.15, -0.1) is 0 Å². The summed E-state index contributed by atoms with van der Waals surface area (Å²) >= 11 is 0. The monoisotopic (exact) mass is 292 g/mol. The molecule has 114 valence electrons. The number of hydrogen-bond acceptors (Lipinski definition) is 3. The molecule has 5 heteroatoms. The van der Waals surface area contributed by atoms with Crippen LogP contribution in [0.15, 0.2) is 18.2 Å². The van der Waals surface area contributed by atoms with Crippen molar-refractivity contribution in [3.05, 3.63) is 29.6 Å². The Morgan fingerprint density at radius 1 is 1.43 bits per heavy atom. The summed E-state index contributed by atoms with van der Waals surface area (Å²) in [5.74, 6) is 0.489. The Balaban J connectivity index is 1.91. The number of nitrogens with zero attached hydrogens (tertiary/aromatic N) is 1. The van der Waals surface area contributed by atoms with E-state index in [2.05, 4.69) is 12.2 Å². The van der Waals surface area contributed by atoms with Gasteiger partial charge in [-0.2, -0.15) is 0 Å². The number of nitrogens with one attached hydrogen (secondary N) is 1. The summed E-state index contributed by atoms with van der Waals surface area (Å²) in [6.45, 7) is 3.94. The highest BCUT2D eigenvalue weighted by atomic mass is 19.1. The van der Waals surface area contributed by atoms with Crippen LogP contribution < -0.4 is 10.1 Å². The van der Waals surface area contributed by atoms with Crippen molar-refractivity contribution in [1.29, 1.82) is 0 Å². The summed E-state index contributed by atoms with van der Waals surface area (Å²) < 4.78 is 18.9. The van der Waals surface area contributed by atoms with E-state index in [1.165, 1.54) is 26.0 Å². The molecule has 1 aliphatic carbocycles. The van der Waals surface area contributed by atoms with E-state index >= 15 is 0 Å². The van der Waals surface area contributed by atoms with Gasteiger partial charge in [-0.3, -0.25) is 10.1 Å². The van der Waals surface area contributed by atoms with Gasteiger partial charge in [-0.05, 0) is 50.3 Å². The highest BCUT2D eigenvalue weighted by Gasteiger charge is 2.44. The van der Waals surface area contributed by atoms with Gasteiger partial charge in [-0.1, -0.05) is 6.07 Å². The Hall–Kier alpha value is -1.62. The van der Waals surface area contributed by atoms with E-state index < -0.39 is 5.82 Å². The third kappa shape index (κ3) is 2.50. The third-order valence-electron chi connectivity index (χ3n) is 4.55. The first-order valence-corrected chi connectivity index (χ1v) is 7.44. The number of carbonyl (C=O) groups excluding carboxylic acids is 1. The molecule has 1 saturated heterocycles. The topological polar surface area (TPSA) is 41.6 Å². The van der Waals surface area contributed by atoms with E-state index in [-0.39, 0.29) is 29.9 Å². The van der Waals surface area contributed by atoms with Crippen molar-refractivity contribution in [2.75, 3.05) is 7.11 Å². The first-order chi connectivity index (χ1) is 10.0. The van der Waals surface area contributed by atoms with Crippen LogP contribution in [-0.2, 0) is 4.79 Å². The van der Waals surface area contributed by atoms with E-state index in [4.69, 9.17) is 4.74 Å². The van der Waals surface area contributed by atoms with Gasteiger partial charge in [0.15, 0.2) is 11.6 Å². The average molecular weight is 292 g/mol. The highest BCUT2D eigenvalue weighted by Crippen LogP contribution is 2.40. The maximum atomic E-state index is 13.9. The molecule has 1 N–H and O–H groups in total. The van der Waals surface area contributed by atoms with Crippen molar-refractivity contribution in [3.8, 4) is 5.75 Å². The largest absolute Gasteiger partial charge is 0.494 e. The Kier molecular flexibility index (Phi) is 3.61. The van der Waals surface area contributed by atoms with Crippen LogP contribution in [0.1, 0.15) is 38.4 Å². The van der Waals surface area contributed by atoms with Gasteiger partial charge in [0.2, 0.25) is 5.91 Å². The molecule has 1 aromatic rings. The minimum absolute atomic E-state index is 0.0932. The Morgan fingerprint density at radius 3 is 2.71 bits per heavy atom. The summed E-state index contributed by atoms with van der Waals surface area (Å²) in [7, 11) is 1.44. The zero-order valence-corrected chi connectivity index (χ0v) is 12.6. The van der Waals surface area contributed by atoms with E-state index in [9.17, 15) is 9.18 Å². The lowest BCUT2D eigenvalue weighted by molar-refractivity contribution is -0.132.